The Morgan fingerprint density at radius 3 is 2.39 bits per heavy atom. The molecule has 0 spiro atoms. The van der Waals surface area contributed by atoms with Crippen LogP contribution in [0.15, 0.2) is 53.0 Å². The van der Waals surface area contributed by atoms with Crippen molar-refractivity contribution in [2.75, 3.05) is 24.2 Å². The molecule has 168 valence electrons. The molecule has 1 N–H and O–H groups in total. The quantitative estimate of drug-likeness (QED) is 0.562. The van der Waals surface area contributed by atoms with E-state index in [1.165, 1.54) is 11.9 Å². The third-order valence-corrected chi connectivity index (χ3v) is 6.60. The Hall–Kier alpha value is -2.39. The highest BCUT2D eigenvalue weighted by molar-refractivity contribution is 9.10. The monoisotopic (exact) mass is 509 g/mol. The molecule has 0 radical (unpaired) electrons. The van der Waals surface area contributed by atoms with E-state index in [1.54, 1.807) is 19.1 Å². The Kier molecular flexibility index (Phi) is 8.64. The normalized spacial score (nSPS) is 12.2. The Bertz CT molecular complexity index is 1040. The maximum Gasteiger partial charge on any atom is 0.244 e. The lowest BCUT2D eigenvalue weighted by Crippen LogP contribution is -2.50. The predicted molar refractivity (Wildman–Crippen MR) is 126 cm³/mol. The van der Waals surface area contributed by atoms with Gasteiger partial charge in [0.1, 0.15) is 12.6 Å². The number of para-hydroxylation sites is 1. The number of aryl methyl sites for hydroxylation is 1. The number of benzene rings is 2. The summed E-state index contributed by atoms with van der Waals surface area (Å²) in [7, 11) is -2.23. The molecule has 0 aliphatic rings. The maximum atomic E-state index is 13.4. The third-order valence-electron chi connectivity index (χ3n) is 4.98. The second-order valence-corrected chi connectivity index (χ2v) is 10.0. The molecule has 0 unspecified atom stereocenters. The number of halogens is 1. The number of sulfonamides is 1. The highest BCUT2D eigenvalue weighted by Crippen LogP contribution is 2.24. The fourth-order valence-corrected chi connectivity index (χ4v) is 4.60. The zero-order valence-corrected chi connectivity index (χ0v) is 20.5. The minimum absolute atomic E-state index is 0.167. The van der Waals surface area contributed by atoms with Gasteiger partial charge in [-0.05, 0) is 42.7 Å². The third kappa shape index (κ3) is 6.54. The van der Waals surface area contributed by atoms with Gasteiger partial charge >= 0.3 is 0 Å². The van der Waals surface area contributed by atoms with Crippen LogP contribution in [0.3, 0.4) is 0 Å². The molecule has 2 rings (SSSR count). The molecule has 0 bridgehead atoms. The van der Waals surface area contributed by atoms with Crippen LogP contribution in [0, 0.1) is 0 Å². The predicted octanol–water partition coefficient (Wildman–Crippen LogP) is 2.94. The van der Waals surface area contributed by atoms with Gasteiger partial charge in [0.05, 0.1) is 11.9 Å². The summed E-state index contributed by atoms with van der Waals surface area (Å²) in [5, 5.41) is 2.56. The Morgan fingerprint density at radius 2 is 1.81 bits per heavy atom. The first-order valence-corrected chi connectivity index (χ1v) is 12.5. The molecule has 1 atom stereocenters. The molecular formula is C22H28BrN3O4S. The van der Waals surface area contributed by atoms with Crippen molar-refractivity contribution in [3.63, 3.8) is 0 Å². The van der Waals surface area contributed by atoms with Gasteiger partial charge < -0.3 is 10.2 Å². The van der Waals surface area contributed by atoms with E-state index in [0.29, 0.717) is 12.1 Å². The van der Waals surface area contributed by atoms with Crippen LogP contribution in [0.5, 0.6) is 0 Å². The first-order valence-electron chi connectivity index (χ1n) is 9.89. The Balaban J connectivity index is 2.42. The van der Waals surface area contributed by atoms with E-state index in [0.717, 1.165) is 26.2 Å². The van der Waals surface area contributed by atoms with Crippen LogP contribution in [-0.2, 0) is 32.6 Å². The van der Waals surface area contributed by atoms with E-state index in [9.17, 15) is 18.0 Å². The van der Waals surface area contributed by atoms with E-state index in [2.05, 4.69) is 21.2 Å². The minimum atomic E-state index is -3.73. The summed E-state index contributed by atoms with van der Waals surface area (Å²) in [6.07, 6.45) is 1.69. The summed E-state index contributed by atoms with van der Waals surface area (Å²) in [5.41, 5.74) is 2.10. The number of likely N-dealkylation sites (N-methyl/N-ethyl adjacent to an activating group) is 1. The molecule has 0 heterocycles. The summed E-state index contributed by atoms with van der Waals surface area (Å²) in [6, 6.07) is 13.7. The number of nitrogens with one attached hydrogen (secondary N) is 1. The van der Waals surface area contributed by atoms with Crippen molar-refractivity contribution >= 4 is 43.5 Å². The van der Waals surface area contributed by atoms with E-state index in [-0.39, 0.29) is 12.5 Å². The minimum Gasteiger partial charge on any atom is -0.357 e. The largest absolute Gasteiger partial charge is 0.357 e. The van der Waals surface area contributed by atoms with Crippen LogP contribution in [-0.4, -0.2) is 51.0 Å². The summed E-state index contributed by atoms with van der Waals surface area (Å²) in [4.78, 5) is 27.1. The molecule has 2 aromatic carbocycles. The molecule has 7 nitrogen and oxygen atoms in total. The summed E-state index contributed by atoms with van der Waals surface area (Å²) >= 11 is 3.41. The number of hydrogen-bond acceptors (Lipinski definition) is 4. The van der Waals surface area contributed by atoms with Gasteiger partial charge in [-0.1, -0.05) is 53.2 Å². The van der Waals surface area contributed by atoms with Crippen molar-refractivity contribution in [3.05, 3.63) is 64.1 Å². The van der Waals surface area contributed by atoms with Gasteiger partial charge in [0.15, 0.2) is 0 Å². The number of rotatable bonds is 9. The molecule has 2 amide bonds. The van der Waals surface area contributed by atoms with E-state index in [4.69, 9.17) is 0 Å². The SMILES string of the molecule is CCc1ccccc1N(CC(=O)N(Cc1cccc(Br)c1)[C@@H](C)C(=O)NC)S(C)(=O)=O. The van der Waals surface area contributed by atoms with Crippen molar-refractivity contribution in [1.82, 2.24) is 10.2 Å². The second kappa shape index (κ2) is 10.8. The number of amides is 2. The molecular weight excluding hydrogens is 482 g/mol. The van der Waals surface area contributed by atoms with Gasteiger partial charge in [0.2, 0.25) is 21.8 Å². The van der Waals surface area contributed by atoms with E-state index < -0.39 is 28.5 Å². The highest BCUT2D eigenvalue weighted by atomic mass is 79.9. The van der Waals surface area contributed by atoms with E-state index >= 15 is 0 Å². The smallest absolute Gasteiger partial charge is 0.244 e. The lowest BCUT2D eigenvalue weighted by Gasteiger charge is -2.31. The number of anilines is 1. The van der Waals surface area contributed by atoms with Crippen LogP contribution >= 0.6 is 15.9 Å². The molecule has 0 aromatic heterocycles. The van der Waals surface area contributed by atoms with Gasteiger partial charge in [-0.2, -0.15) is 0 Å². The van der Waals surface area contributed by atoms with Gasteiger partial charge in [-0.25, -0.2) is 8.42 Å². The van der Waals surface area contributed by atoms with E-state index in [1.807, 2.05) is 43.3 Å². The Morgan fingerprint density at radius 1 is 1.13 bits per heavy atom. The zero-order valence-electron chi connectivity index (χ0n) is 18.1. The van der Waals surface area contributed by atoms with Crippen LogP contribution in [0.1, 0.15) is 25.0 Å². The highest BCUT2D eigenvalue weighted by Gasteiger charge is 2.30. The summed E-state index contributed by atoms with van der Waals surface area (Å²) in [5.74, 6) is -0.796. The lowest BCUT2D eigenvalue weighted by atomic mass is 10.1. The molecule has 0 fully saturated rings. The van der Waals surface area contributed by atoms with Crippen molar-refractivity contribution < 1.29 is 18.0 Å². The summed E-state index contributed by atoms with van der Waals surface area (Å²) < 4.78 is 27.1. The van der Waals surface area contributed by atoms with Gasteiger partial charge in [-0.15, -0.1) is 0 Å². The first-order chi connectivity index (χ1) is 14.6. The van der Waals surface area contributed by atoms with Crippen LogP contribution < -0.4 is 9.62 Å². The fourth-order valence-electron chi connectivity index (χ4n) is 3.27. The molecule has 0 aliphatic carbocycles. The molecule has 0 saturated heterocycles. The number of carbonyl (C=O) groups is 2. The molecule has 31 heavy (non-hydrogen) atoms. The standard InChI is InChI=1S/C22H28BrN3O4S/c1-5-18-10-6-7-12-20(18)26(31(4,29)30)15-21(27)25(16(2)22(28)24-3)14-17-9-8-11-19(23)13-17/h6-13,16H,5,14-15H2,1-4H3,(H,24,28)/t16-/m0/s1. The number of nitrogens with zero attached hydrogens (tertiary/aromatic N) is 2. The van der Waals surface area contributed by atoms with Crippen LogP contribution in [0.2, 0.25) is 0 Å². The number of carbonyl (C=O) groups excluding carboxylic acids is 2. The van der Waals surface area contributed by atoms with Crippen LogP contribution in [0.4, 0.5) is 5.69 Å². The van der Waals surface area contributed by atoms with Crippen molar-refractivity contribution in [2.45, 2.75) is 32.9 Å². The van der Waals surface area contributed by atoms with Crippen molar-refractivity contribution in [2.24, 2.45) is 0 Å². The van der Waals surface area contributed by atoms with Crippen LogP contribution in [0.25, 0.3) is 0 Å². The second-order valence-electron chi connectivity index (χ2n) is 7.19. The molecule has 9 heteroatoms. The number of hydrogen-bond donors (Lipinski definition) is 1. The topological polar surface area (TPSA) is 86.8 Å². The maximum absolute atomic E-state index is 13.4. The molecule has 0 saturated carbocycles. The van der Waals surface area contributed by atoms with Gasteiger partial charge in [0, 0.05) is 18.1 Å². The summed E-state index contributed by atoms with van der Waals surface area (Å²) in [6.45, 7) is 3.32. The lowest BCUT2D eigenvalue weighted by molar-refractivity contribution is -0.139. The zero-order chi connectivity index (χ0) is 23.2. The van der Waals surface area contributed by atoms with Crippen molar-refractivity contribution in [3.8, 4) is 0 Å². The fraction of sp³-hybridized carbons (Fsp3) is 0.364. The van der Waals surface area contributed by atoms with Gasteiger partial charge in [-0.3, -0.25) is 13.9 Å². The Labute approximate surface area is 192 Å². The average Bonchev–Trinajstić information content (AvgIpc) is 2.73. The average molecular weight is 510 g/mol. The molecule has 2 aromatic rings. The van der Waals surface area contributed by atoms with Crippen molar-refractivity contribution in [1.29, 1.82) is 0 Å². The van der Waals surface area contributed by atoms with Gasteiger partial charge in [0.25, 0.3) is 0 Å². The first kappa shape index (κ1) is 24.9. The molecule has 0 aliphatic heterocycles.